The number of allylic oxidation sites excluding steroid dienone is 1. The summed E-state index contributed by atoms with van der Waals surface area (Å²) in [6.07, 6.45) is 6.77. The van der Waals surface area contributed by atoms with Crippen molar-refractivity contribution in [2.45, 2.75) is 32.6 Å². The molecule has 0 saturated carbocycles. The van der Waals surface area contributed by atoms with Crippen molar-refractivity contribution in [3.05, 3.63) is 48.4 Å². The van der Waals surface area contributed by atoms with Crippen molar-refractivity contribution in [3.63, 3.8) is 0 Å². The molecular weight excluding hydrogens is 196 g/mol. The lowest BCUT2D eigenvalue weighted by atomic mass is 9.92. The van der Waals surface area contributed by atoms with Crippen LogP contribution in [0.15, 0.2) is 36.9 Å². The highest BCUT2D eigenvalue weighted by molar-refractivity contribution is 5.46. The van der Waals surface area contributed by atoms with E-state index in [0.717, 1.165) is 12.2 Å². The molecule has 0 amide bonds. The summed E-state index contributed by atoms with van der Waals surface area (Å²) >= 11 is 0. The van der Waals surface area contributed by atoms with Crippen molar-refractivity contribution in [2.24, 2.45) is 0 Å². The first kappa shape index (κ1) is 12.8. The molecule has 0 aliphatic heterocycles. The van der Waals surface area contributed by atoms with Gasteiger partial charge >= 0.3 is 0 Å². The van der Waals surface area contributed by atoms with Gasteiger partial charge in [-0.15, -0.1) is 6.58 Å². The van der Waals surface area contributed by atoms with E-state index in [1.54, 1.807) is 7.11 Å². The summed E-state index contributed by atoms with van der Waals surface area (Å²) < 4.78 is 5.37. The highest BCUT2D eigenvalue weighted by Gasteiger charge is 2.12. The van der Waals surface area contributed by atoms with E-state index in [2.05, 4.69) is 19.6 Å². The molecule has 1 radical (unpaired) electrons. The van der Waals surface area contributed by atoms with Crippen molar-refractivity contribution in [1.82, 2.24) is 0 Å². The van der Waals surface area contributed by atoms with Gasteiger partial charge in [0.25, 0.3) is 0 Å². The zero-order valence-corrected chi connectivity index (χ0v) is 10.3. The molecule has 1 rings (SSSR count). The van der Waals surface area contributed by atoms with Crippen LogP contribution < -0.4 is 4.74 Å². The van der Waals surface area contributed by atoms with E-state index in [4.69, 9.17) is 4.74 Å². The molecule has 0 spiro atoms. The van der Waals surface area contributed by atoms with Gasteiger partial charge in [0.2, 0.25) is 0 Å². The van der Waals surface area contributed by atoms with Crippen LogP contribution in [0.4, 0.5) is 0 Å². The Balaban J connectivity index is 2.73. The second-order valence-corrected chi connectivity index (χ2v) is 3.89. The summed E-state index contributed by atoms with van der Waals surface area (Å²) in [6, 6.07) is 8.14. The van der Waals surface area contributed by atoms with Crippen LogP contribution in [-0.2, 0) is 0 Å². The van der Waals surface area contributed by atoms with E-state index in [0.29, 0.717) is 0 Å². The molecule has 1 aromatic carbocycles. The van der Waals surface area contributed by atoms with Crippen molar-refractivity contribution in [2.75, 3.05) is 7.11 Å². The van der Waals surface area contributed by atoms with Gasteiger partial charge in [0.1, 0.15) is 5.75 Å². The van der Waals surface area contributed by atoms with Crippen LogP contribution >= 0.6 is 0 Å². The molecule has 0 aliphatic rings. The molecular formula is C15H21O. The first-order valence-electron chi connectivity index (χ1n) is 5.95. The third-order valence-corrected chi connectivity index (χ3v) is 2.75. The molecule has 0 bridgehead atoms. The maximum absolute atomic E-state index is 5.37. The quantitative estimate of drug-likeness (QED) is 0.616. The van der Waals surface area contributed by atoms with Gasteiger partial charge in [-0.3, -0.25) is 0 Å². The summed E-state index contributed by atoms with van der Waals surface area (Å²) in [6.45, 7) is 6.12. The molecule has 0 aliphatic carbocycles. The minimum Gasteiger partial charge on any atom is -0.496 e. The Morgan fingerprint density at radius 1 is 1.31 bits per heavy atom. The van der Waals surface area contributed by atoms with Gasteiger partial charge in [-0.25, -0.2) is 0 Å². The smallest absolute Gasteiger partial charge is 0.122 e. The molecule has 16 heavy (non-hydrogen) atoms. The van der Waals surface area contributed by atoms with Crippen LogP contribution in [0.25, 0.3) is 0 Å². The van der Waals surface area contributed by atoms with E-state index < -0.39 is 0 Å². The first-order valence-corrected chi connectivity index (χ1v) is 5.95. The zero-order chi connectivity index (χ0) is 11.8. The number of benzene rings is 1. The van der Waals surface area contributed by atoms with Gasteiger partial charge in [-0.1, -0.05) is 50.5 Å². The molecule has 0 N–H and O–H groups in total. The van der Waals surface area contributed by atoms with E-state index in [9.17, 15) is 0 Å². The highest BCUT2D eigenvalue weighted by Crippen LogP contribution is 2.30. The van der Waals surface area contributed by atoms with E-state index >= 15 is 0 Å². The number of ether oxygens (including phenoxy) is 1. The van der Waals surface area contributed by atoms with Gasteiger partial charge in [0.15, 0.2) is 0 Å². The molecule has 0 unspecified atom stereocenters. The number of rotatable bonds is 7. The van der Waals surface area contributed by atoms with Gasteiger partial charge in [-0.2, -0.15) is 0 Å². The average Bonchev–Trinajstić information content (AvgIpc) is 2.35. The monoisotopic (exact) mass is 217 g/mol. The van der Waals surface area contributed by atoms with Crippen molar-refractivity contribution >= 4 is 0 Å². The van der Waals surface area contributed by atoms with Crippen LogP contribution in [0.2, 0.25) is 0 Å². The number of hydrogen-bond donors (Lipinski definition) is 0. The molecule has 1 aromatic rings. The summed E-state index contributed by atoms with van der Waals surface area (Å²) in [5.41, 5.74) is 1.18. The normalized spacial score (nSPS) is 10.4. The number of para-hydroxylation sites is 1. The van der Waals surface area contributed by atoms with Crippen molar-refractivity contribution in [3.8, 4) is 5.75 Å². The maximum Gasteiger partial charge on any atom is 0.122 e. The highest BCUT2D eigenvalue weighted by atomic mass is 16.5. The summed E-state index contributed by atoms with van der Waals surface area (Å²) in [5, 5.41) is 0. The predicted octanol–water partition coefficient (Wildman–Crippen LogP) is 4.38. The molecule has 1 heteroatoms. The maximum atomic E-state index is 5.37. The Morgan fingerprint density at radius 2 is 2.06 bits per heavy atom. The fourth-order valence-electron chi connectivity index (χ4n) is 1.82. The lowest BCUT2D eigenvalue weighted by Gasteiger charge is -2.15. The standard InChI is InChI=1S/C15H21O/c1-4-6-7-10-13(5-2)14-11-8-9-12-15(14)16-3/h5,8-9,11-12H,2,4,6-7,10H2,1,3H3. The van der Waals surface area contributed by atoms with Crippen molar-refractivity contribution < 1.29 is 4.74 Å². The Hall–Kier alpha value is -1.24. The summed E-state index contributed by atoms with van der Waals surface area (Å²) in [7, 11) is 1.71. The molecule has 0 fully saturated rings. The molecule has 0 aromatic heterocycles. The van der Waals surface area contributed by atoms with Crippen LogP contribution in [0, 0.1) is 5.92 Å². The summed E-state index contributed by atoms with van der Waals surface area (Å²) in [5.74, 6) is 2.22. The molecule has 0 atom stereocenters. The lowest BCUT2D eigenvalue weighted by molar-refractivity contribution is 0.411. The minimum atomic E-state index is 0.939. The molecule has 0 saturated heterocycles. The summed E-state index contributed by atoms with van der Waals surface area (Å²) in [4.78, 5) is 0. The Kier molecular flexibility index (Phi) is 5.69. The largest absolute Gasteiger partial charge is 0.496 e. The Morgan fingerprint density at radius 3 is 2.69 bits per heavy atom. The average molecular weight is 217 g/mol. The Bertz CT molecular complexity index is 317. The first-order chi connectivity index (χ1) is 7.83. The van der Waals surface area contributed by atoms with Crippen molar-refractivity contribution in [1.29, 1.82) is 0 Å². The zero-order valence-electron chi connectivity index (χ0n) is 10.3. The Labute approximate surface area is 99.1 Å². The second kappa shape index (κ2) is 7.10. The lowest BCUT2D eigenvalue weighted by Crippen LogP contribution is -1.99. The number of methoxy groups -OCH3 is 1. The van der Waals surface area contributed by atoms with E-state index in [1.165, 1.54) is 30.7 Å². The third-order valence-electron chi connectivity index (χ3n) is 2.75. The van der Waals surface area contributed by atoms with Crippen LogP contribution in [-0.4, -0.2) is 7.11 Å². The molecule has 0 heterocycles. The molecule has 87 valence electrons. The van der Waals surface area contributed by atoms with Gasteiger partial charge in [0.05, 0.1) is 7.11 Å². The van der Waals surface area contributed by atoms with Gasteiger partial charge in [-0.05, 0) is 12.5 Å². The van der Waals surface area contributed by atoms with Crippen LogP contribution in [0.3, 0.4) is 0 Å². The molecule has 1 nitrogen and oxygen atoms in total. The number of hydrogen-bond acceptors (Lipinski definition) is 1. The fraction of sp³-hybridized carbons (Fsp3) is 0.400. The van der Waals surface area contributed by atoms with E-state index in [1.807, 2.05) is 24.3 Å². The third kappa shape index (κ3) is 3.41. The second-order valence-electron chi connectivity index (χ2n) is 3.89. The minimum absolute atomic E-state index is 0.939. The SMILES string of the molecule is C=C[C](CCCCC)c1ccccc1OC. The topological polar surface area (TPSA) is 9.23 Å². The van der Waals surface area contributed by atoms with Gasteiger partial charge in [0, 0.05) is 11.5 Å². The van der Waals surface area contributed by atoms with E-state index in [-0.39, 0.29) is 0 Å². The number of unbranched alkanes of at least 4 members (excludes halogenated alkanes) is 2. The fourth-order valence-corrected chi connectivity index (χ4v) is 1.82. The predicted molar refractivity (Wildman–Crippen MR) is 69.7 cm³/mol. The van der Waals surface area contributed by atoms with Crippen LogP contribution in [0.1, 0.15) is 38.2 Å². The van der Waals surface area contributed by atoms with Gasteiger partial charge < -0.3 is 4.74 Å². The van der Waals surface area contributed by atoms with Crippen LogP contribution in [0.5, 0.6) is 5.75 Å².